The second-order valence-electron chi connectivity index (χ2n) is 14.0. The summed E-state index contributed by atoms with van der Waals surface area (Å²) in [6.45, 7) is 0. The smallest absolute Gasteiger partial charge is 0.164 e. The highest BCUT2D eigenvalue weighted by atomic mass is 32.1. The molecule has 0 atom stereocenters. The van der Waals surface area contributed by atoms with E-state index in [0.717, 1.165) is 44.2 Å². The Kier molecular flexibility index (Phi) is 7.64. The molecular formula is C51H31N3OS. The van der Waals surface area contributed by atoms with E-state index in [4.69, 9.17) is 19.4 Å². The molecule has 3 aromatic heterocycles. The van der Waals surface area contributed by atoms with Gasteiger partial charge in [-0.15, -0.1) is 11.3 Å². The van der Waals surface area contributed by atoms with E-state index in [1.165, 1.54) is 48.0 Å². The van der Waals surface area contributed by atoms with Crippen LogP contribution in [0.4, 0.5) is 0 Å². The Morgan fingerprint density at radius 1 is 0.339 bits per heavy atom. The molecular weight excluding hydrogens is 703 g/mol. The van der Waals surface area contributed by atoms with Crippen LogP contribution in [0.2, 0.25) is 0 Å². The molecule has 0 bridgehead atoms. The van der Waals surface area contributed by atoms with Crippen molar-refractivity contribution in [2.45, 2.75) is 0 Å². The molecule has 0 amide bonds. The van der Waals surface area contributed by atoms with Gasteiger partial charge in [-0.05, 0) is 70.3 Å². The summed E-state index contributed by atoms with van der Waals surface area (Å²) < 4.78 is 9.22. The number of nitrogens with zero attached hydrogens (tertiary/aromatic N) is 3. The Labute approximate surface area is 327 Å². The van der Waals surface area contributed by atoms with Crippen molar-refractivity contribution in [2.24, 2.45) is 0 Å². The molecule has 4 nitrogen and oxygen atoms in total. The van der Waals surface area contributed by atoms with Gasteiger partial charge in [0.05, 0.1) is 0 Å². The van der Waals surface area contributed by atoms with Crippen LogP contribution in [-0.4, -0.2) is 15.0 Å². The molecule has 8 aromatic carbocycles. The fourth-order valence-electron chi connectivity index (χ4n) is 7.83. The van der Waals surface area contributed by atoms with Gasteiger partial charge in [-0.3, -0.25) is 0 Å². The highest BCUT2D eigenvalue weighted by Crippen LogP contribution is 2.45. The molecule has 0 saturated heterocycles. The normalized spacial score (nSPS) is 11.6. The quantitative estimate of drug-likeness (QED) is 0.171. The lowest BCUT2D eigenvalue weighted by Gasteiger charge is -2.11. The Morgan fingerprint density at radius 3 is 1.68 bits per heavy atom. The third-order valence-electron chi connectivity index (χ3n) is 10.5. The molecule has 262 valence electrons. The maximum Gasteiger partial charge on any atom is 0.164 e. The minimum atomic E-state index is 0.604. The summed E-state index contributed by atoms with van der Waals surface area (Å²) in [7, 11) is 0. The third-order valence-corrected chi connectivity index (χ3v) is 11.7. The maximum atomic E-state index is 6.69. The monoisotopic (exact) mass is 733 g/mol. The van der Waals surface area contributed by atoms with Crippen LogP contribution in [-0.2, 0) is 0 Å². The zero-order valence-electron chi connectivity index (χ0n) is 30.1. The average Bonchev–Trinajstić information content (AvgIpc) is 3.85. The lowest BCUT2D eigenvalue weighted by molar-refractivity contribution is 0.669. The average molecular weight is 734 g/mol. The van der Waals surface area contributed by atoms with Crippen LogP contribution in [0.15, 0.2) is 192 Å². The molecule has 0 aliphatic rings. The van der Waals surface area contributed by atoms with Crippen molar-refractivity contribution >= 4 is 53.4 Å². The van der Waals surface area contributed by atoms with Crippen LogP contribution in [0, 0.1) is 0 Å². The number of fused-ring (bicyclic) bond motifs is 6. The Bertz CT molecular complexity index is 3180. The predicted molar refractivity (Wildman–Crippen MR) is 233 cm³/mol. The van der Waals surface area contributed by atoms with E-state index >= 15 is 0 Å². The van der Waals surface area contributed by atoms with Gasteiger partial charge >= 0.3 is 0 Å². The van der Waals surface area contributed by atoms with Crippen molar-refractivity contribution in [1.82, 2.24) is 15.0 Å². The van der Waals surface area contributed by atoms with E-state index in [-0.39, 0.29) is 0 Å². The van der Waals surface area contributed by atoms with Crippen molar-refractivity contribution in [3.05, 3.63) is 188 Å². The van der Waals surface area contributed by atoms with Crippen LogP contribution in [0.1, 0.15) is 0 Å². The van der Waals surface area contributed by atoms with Gasteiger partial charge in [0.25, 0.3) is 0 Å². The lowest BCUT2D eigenvalue weighted by atomic mass is 9.93. The number of furan rings is 1. The first kappa shape index (κ1) is 32.2. The molecule has 0 fully saturated rings. The molecule has 5 heteroatoms. The van der Waals surface area contributed by atoms with Gasteiger partial charge < -0.3 is 4.42 Å². The highest BCUT2D eigenvalue weighted by Gasteiger charge is 2.20. The molecule has 0 spiro atoms. The molecule has 56 heavy (non-hydrogen) atoms. The zero-order chi connectivity index (χ0) is 37.0. The summed E-state index contributed by atoms with van der Waals surface area (Å²) in [4.78, 5) is 15.0. The molecule has 0 aliphatic carbocycles. The molecule has 0 saturated carbocycles. The number of rotatable bonds is 6. The fourth-order valence-corrected chi connectivity index (χ4v) is 9.05. The van der Waals surface area contributed by atoms with Crippen LogP contribution >= 0.6 is 11.3 Å². The SMILES string of the molecule is c1ccc(-c2cccc(-c3cc(-c4ccc5c(c4)oc4cccc(-c6nc(-c7ccccc7)nc(-c7ccccc7)n6)c45)c4sc5ccccc5c4c3)c2)cc1. The number of hydrogen-bond acceptors (Lipinski definition) is 5. The second kappa shape index (κ2) is 13.3. The topological polar surface area (TPSA) is 51.8 Å². The first-order valence-corrected chi connectivity index (χ1v) is 19.5. The van der Waals surface area contributed by atoms with E-state index in [1.807, 2.05) is 84.1 Å². The van der Waals surface area contributed by atoms with E-state index in [1.54, 1.807) is 0 Å². The number of thiophene rings is 1. The molecule has 11 aromatic rings. The summed E-state index contributed by atoms with van der Waals surface area (Å²) in [5.74, 6) is 1.86. The predicted octanol–water partition coefficient (Wildman–Crippen LogP) is 14.1. The van der Waals surface area contributed by atoms with Gasteiger partial charge in [0.1, 0.15) is 11.2 Å². The standard InChI is InChI=1S/C51H31N3OS/c1-4-14-32(15-5-1)35-20-12-21-36(28-35)38-29-42(48-43(30-38)39-22-10-11-25-46(39)56-48)37-26-27-40-45(31-37)55-44-24-13-23-41(47(40)44)51-53-49(33-16-6-2-7-17-33)52-50(54-51)34-18-8-3-9-19-34/h1-31H. The first-order chi connectivity index (χ1) is 27.7. The van der Waals surface area contributed by atoms with E-state index < -0.39 is 0 Å². The number of benzene rings is 8. The third kappa shape index (κ3) is 5.56. The van der Waals surface area contributed by atoms with Crippen molar-refractivity contribution in [3.8, 4) is 67.5 Å². The minimum absolute atomic E-state index is 0.604. The van der Waals surface area contributed by atoms with Crippen molar-refractivity contribution in [3.63, 3.8) is 0 Å². The summed E-state index contributed by atoms with van der Waals surface area (Å²) in [6.07, 6.45) is 0. The summed E-state index contributed by atoms with van der Waals surface area (Å²) in [5, 5.41) is 4.53. The van der Waals surface area contributed by atoms with Crippen molar-refractivity contribution in [2.75, 3.05) is 0 Å². The zero-order valence-corrected chi connectivity index (χ0v) is 30.9. The summed E-state index contributed by atoms with van der Waals surface area (Å²) in [5.41, 5.74) is 11.4. The molecule has 11 rings (SSSR count). The van der Waals surface area contributed by atoms with Gasteiger partial charge in [0, 0.05) is 53.2 Å². The molecule has 0 N–H and O–H groups in total. The Morgan fingerprint density at radius 2 is 0.946 bits per heavy atom. The molecule has 0 aliphatic heterocycles. The molecule has 3 heterocycles. The first-order valence-electron chi connectivity index (χ1n) is 18.7. The second-order valence-corrected chi connectivity index (χ2v) is 15.0. The van der Waals surface area contributed by atoms with Crippen LogP contribution in [0.25, 0.3) is 110 Å². The van der Waals surface area contributed by atoms with Crippen LogP contribution < -0.4 is 0 Å². The fraction of sp³-hybridized carbons (Fsp3) is 0. The Balaban J connectivity index is 1.09. The lowest BCUT2D eigenvalue weighted by Crippen LogP contribution is -2.00. The Hall–Kier alpha value is -7.21. The van der Waals surface area contributed by atoms with Crippen molar-refractivity contribution < 1.29 is 4.42 Å². The van der Waals surface area contributed by atoms with Gasteiger partial charge in [-0.1, -0.05) is 146 Å². The summed E-state index contributed by atoms with van der Waals surface area (Å²) >= 11 is 1.84. The molecule has 0 unspecified atom stereocenters. The number of hydrogen-bond donors (Lipinski definition) is 0. The largest absolute Gasteiger partial charge is 0.456 e. The minimum Gasteiger partial charge on any atom is -0.456 e. The van der Waals surface area contributed by atoms with Crippen LogP contribution in [0.5, 0.6) is 0 Å². The van der Waals surface area contributed by atoms with Gasteiger partial charge in [0.2, 0.25) is 0 Å². The van der Waals surface area contributed by atoms with Gasteiger partial charge in [0.15, 0.2) is 17.5 Å². The highest BCUT2D eigenvalue weighted by molar-refractivity contribution is 7.26. The van der Waals surface area contributed by atoms with Crippen molar-refractivity contribution in [1.29, 1.82) is 0 Å². The maximum absolute atomic E-state index is 6.69. The van der Waals surface area contributed by atoms with Crippen LogP contribution in [0.3, 0.4) is 0 Å². The van der Waals surface area contributed by atoms with Gasteiger partial charge in [-0.25, -0.2) is 15.0 Å². The van der Waals surface area contributed by atoms with Gasteiger partial charge in [-0.2, -0.15) is 0 Å². The van der Waals surface area contributed by atoms with E-state index in [2.05, 4.69) is 115 Å². The number of aromatic nitrogens is 3. The van der Waals surface area contributed by atoms with E-state index in [9.17, 15) is 0 Å². The van der Waals surface area contributed by atoms with E-state index in [0.29, 0.717) is 17.5 Å². The molecule has 0 radical (unpaired) electrons. The summed E-state index contributed by atoms with van der Waals surface area (Å²) in [6, 6.07) is 65.8.